The van der Waals surface area contributed by atoms with E-state index in [1.807, 2.05) is 6.07 Å². The van der Waals surface area contributed by atoms with Crippen molar-refractivity contribution in [1.29, 1.82) is 0 Å². The van der Waals surface area contributed by atoms with Crippen LogP contribution in [0.4, 0.5) is 10.1 Å². The molecule has 0 unspecified atom stereocenters. The number of aryl methyl sites for hydroxylation is 1. The Kier molecular flexibility index (Phi) is 1.96. The SMILES string of the molecule is Fc1ccc2c(c1)NNCCC2. The lowest BCUT2D eigenvalue weighted by Crippen LogP contribution is -2.20. The van der Waals surface area contributed by atoms with Crippen molar-refractivity contribution in [3.8, 4) is 0 Å². The Hall–Kier alpha value is -1.09. The highest BCUT2D eigenvalue weighted by Gasteiger charge is 2.06. The van der Waals surface area contributed by atoms with Gasteiger partial charge in [0.25, 0.3) is 0 Å². The molecule has 0 radical (unpaired) electrons. The van der Waals surface area contributed by atoms with E-state index < -0.39 is 0 Å². The molecule has 2 rings (SSSR count). The number of halogens is 1. The maximum Gasteiger partial charge on any atom is 0.125 e. The Morgan fingerprint density at radius 2 is 2.25 bits per heavy atom. The van der Waals surface area contributed by atoms with E-state index in [2.05, 4.69) is 10.9 Å². The number of rotatable bonds is 0. The van der Waals surface area contributed by atoms with Crippen molar-refractivity contribution in [3.05, 3.63) is 29.6 Å². The zero-order valence-electron chi connectivity index (χ0n) is 6.73. The smallest absolute Gasteiger partial charge is 0.125 e. The van der Waals surface area contributed by atoms with E-state index in [0.29, 0.717) is 0 Å². The fourth-order valence-corrected chi connectivity index (χ4v) is 1.41. The summed E-state index contributed by atoms with van der Waals surface area (Å²) in [5.74, 6) is -0.190. The van der Waals surface area contributed by atoms with Crippen molar-refractivity contribution >= 4 is 5.69 Å². The van der Waals surface area contributed by atoms with Crippen LogP contribution in [0.3, 0.4) is 0 Å². The number of benzene rings is 1. The second-order valence-electron chi connectivity index (χ2n) is 2.96. The molecule has 2 N–H and O–H groups in total. The van der Waals surface area contributed by atoms with E-state index in [-0.39, 0.29) is 5.82 Å². The summed E-state index contributed by atoms with van der Waals surface area (Å²) >= 11 is 0. The first-order chi connectivity index (χ1) is 5.86. The van der Waals surface area contributed by atoms with Gasteiger partial charge < -0.3 is 5.43 Å². The molecule has 64 valence electrons. The lowest BCUT2D eigenvalue weighted by molar-refractivity contribution is 0.627. The summed E-state index contributed by atoms with van der Waals surface area (Å²) in [4.78, 5) is 0. The summed E-state index contributed by atoms with van der Waals surface area (Å²) in [7, 11) is 0. The number of hydrogen-bond acceptors (Lipinski definition) is 2. The van der Waals surface area contributed by atoms with Crippen molar-refractivity contribution in [2.45, 2.75) is 12.8 Å². The van der Waals surface area contributed by atoms with Crippen molar-refractivity contribution in [3.63, 3.8) is 0 Å². The van der Waals surface area contributed by atoms with E-state index in [0.717, 1.165) is 25.1 Å². The molecule has 0 amide bonds. The largest absolute Gasteiger partial charge is 0.321 e. The lowest BCUT2D eigenvalue weighted by Gasteiger charge is -2.06. The highest BCUT2D eigenvalue weighted by Crippen LogP contribution is 2.19. The first-order valence-electron chi connectivity index (χ1n) is 4.13. The van der Waals surface area contributed by atoms with Crippen LogP contribution in [-0.4, -0.2) is 6.54 Å². The van der Waals surface area contributed by atoms with E-state index in [9.17, 15) is 4.39 Å². The Labute approximate surface area is 70.8 Å². The molecule has 3 heteroatoms. The maximum absolute atomic E-state index is 12.8. The monoisotopic (exact) mass is 166 g/mol. The molecule has 1 heterocycles. The first-order valence-corrected chi connectivity index (χ1v) is 4.13. The van der Waals surface area contributed by atoms with Gasteiger partial charge in [0, 0.05) is 6.54 Å². The van der Waals surface area contributed by atoms with E-state index in [1.54, 1.807) is 0 Å². The fraction of sp³-hybridized carbons (Fsp3) is 0.333. The predicted octanol–water partition coefficient (Wildman–Crippen LogP) is 1.69. The average molecular weight is 166 g/mol. The number of fused-ring (bicyclic) bond motifs is 1. The molecule has 1 aromatic rings. The molecule has 0 saturated carbocycles. The van der Waals surface area contributed by atoms with Gasteiger partial charge in [-0.05, 0) is 30.5 Å². The molecule has 0 saturated heterocycles. The van der Waals surface area contributed by atoms with Crippen LogP contribution in [-0.2, 0) is 6.42 Å². The van der Waals surface area contributed by atoms with E-state index >= 15 is 0 Å². The van der Waals surface area contributed by atoms with Crippen LogP contribution in [0.15, 0.2) is 18.2 Å². The minimum absolute atomic E-state index is 0.190. The molecule has 1 aliphatic rings. The molecule has 1 aliphatic heterocycles. The number of nitrogens with one attached hydrogen (secondary N) is 2. The molecule has 1 aromatic carbocycles. The molecule has 0 aliphatic carbocycles. The van der Waals surface area contributed by atoms with Gasteiger partial charge in [-0.2, -0.15) is 0 Å². The second kappa shape index (κ2) is 3.11. The van der Waals surface area contributed by atoms with E-state index in [4.69, 9.17) is 0 Å². The van der Waals surface area contributed by atoms with Gasteiger partial charge in [-0.1, -0.05) is 6.07 Å². The van der Waals surface area contributed by atoms with E-state index in [1.165, 1.54) is 17.7 Å². The Balaban J connectivity index is 2.36. The molecule has 0 bridgehead atoms. The third-order valence-electron chi connectivity index (χ3n) is 2.04. The van der Waals surface area contributed by atoms with Crippen molar-refractivity contribution < 1.29 is 4.39 Å². The van der Waals surface area contributed by atoms with Gasteiger partial charge in [-0.25, -0.2) is 9.82 Å². The molecule has 0 atom stereocenters. The van der Waals surface area contributed by atoms with Gasteiger partial charge in [0.05, 0.1) is 5.69 Å². The van der Waals surface area contributed by atoms with Gasteiger partial charge >= 0.3 is 0 Å². The van der Waals surface area contributed by atoms with Gasteiger partial charge in [-0.3, -0.25) is 0 Å². The van der Waals surface area contributed by atoms with Crippen LogP contribution in [0, 0.1) is 5.82 Å². The third-order valence-corrected chi connectivity index (χ3v) is 2.04. The Bertz CT molecular complexity index is 286. The Morgan fingerprint density at radius 1 is 1.33 bits per heavy atom. The first kappa shape index (κ1) is 7.55. The third kappa shape index (κ3) is 1.41. The number of hydrogen-bond donors (Lipinski definition) is 2. The summed E-state index contributed by atoms with van der Waals surface area (Å²) in [6, 6.07) is 4.87. The highest BCUT2D eigenvalue weighted by atomic mass is 19.1. The van der Waals surface area contributed by atoms with Crippen molar-refractivity contribution in [1.82, 2.24) is 5.43 Å². The minimum Gasteiger partial charge on any atom is -0.321 e. The second-order valence-corrected chi connectivity index (χ2v) is 2.96. The van der Waals surface area contributed by atoms with Crippen molar-refractivity contribution in [2.24, 2.45) is 0 Å². The lowest BCUT2D eigenvalue weighted by atomic mass is 10.1. The minimum atomic E-state index is -0.190. The fourth-order valence-electron chi connectivity index (χ4n) is 1.41. The van der Waals surface area contributed by atoms with Crippen LogP contribution in [0.2, 0.25) is 0 Å². The van der Waals surface area contributed by atoms with Crippen LogP contribution >= 0.6 is 0 Å². The zero-order chi connectivity index (χ0) is 8.39. The van der Waals surface area contributed by atoms with Crippen LogP contribution in [0.5, 0.6) is 0 Å². The topological polar surface area (TPSA) is 24.1 Å². The van der Waals surface area contributed by atoms with Crippen LogP contribution < -0.4 is 10.9 Å². The predicted molar refractivity (Wildman–Crippen MR) is 46.3 cm³/mol. The zero-order valence-corrected chi connectivity index (χ0v) is 6.73. The van der Waals surface area contributed by atoms with Gasteiger partial charge in [0.1, 0.15) is 5.82 Å². The normalized spacial score (nSPS) is 16.1. The Morgan fingerprint density at radius 3 is 3.17 bits per heavy atom. The highest BCUT2D eigenvalue weighted by molar-refractivity contribution is 5.51. The average Bonchev–Trinajstić information content (AvgIpc) is 2.28. The summed E-state index contributed by atoms with van der Waals surface area (Å²) < 4.78 is 12.8. The van der Waals surface area contributed by atoms with Gasteiger partial charge in [-0.15, -0.1) is 0 Å². The molecule has 12 heavy (non-hydrogen) atoms. The summed E-state index contributed by atoms with van der Waals surface area (Å²) in [6.45, 7) is 0.927. The molecule has 0 aromatic heterocycles. The van der Waals surface area contributed by atoms with Crippen LogP contribution in [0.1, 0.15) is 12.0 Å². The van der Waals surface area contributed by atoms with Gasteiger partial charge in [0.15, 0.2) is 0 Å². The summed E-state index contributed by atoms with van der Waals surface area (Å²) in [6.07, 6.45) is 2.10. The number of hydrazine groups is 1. The van der Waals surface area contributed by atoms with Crippen LogP contribution in [0.25, 0.3) is 0 Å². The molecular formula is C9H11FN2. The number of anilines is 1. The quantitative estimate of drug-likeness (QED) is 0.612. The summed E-state index contributed by atoms with van der Waals surface area (Å²) in [5, 5.41) is 0. The molecule has 0 fully saturated rings. The molecular weight excluding hydrogens is 155 g/mol. The van der Waals surface area contributed by atoms with Crippen molar-refractivity contribution in [2.75, 3.05) is 12.0 Å². The molecule has 2 nitrogen and oxygen atoms in total. The molecule has 0 spiro atoms. The maximum atomic E-state index is 12.8. The summed E-state index contributed by atoms with van der Waals surface area (Å²) in [5.41, 5.74) is 8.04. The standard InChI is InChI=1S/C9H11FN2/c10-8-4-3-7-2-1-5-11-12-9(7)6-8/h3-4,6,11-12H,1-2,5H2. The van der Waals surface area contributed by atoms with Gasteiger partial charge in [0.2, 0.25) is 0 Å².